The first-order valence-corrected chi connectivity index (χ1v) is 9.01. The van der Waals surface area contributed by atoms with Gasteiger partial charge in [-0.2, -0.15) is 16.9 Å². The van der Waals surface area contributed by atoms with Gasteiger partial charge in [-0.15, -0.1) is 0 Å². The molecule has 1 aromatic rings. The lowest BCUT2D eigenvalue weighted by molar-refractivity contribution is 0.548. The average Bonchev–Trinajstić information content (AvgIpc) is 2.71. The Balaban J connectivity index is 2.72. The Bertz CT molecular complexity index is 406. The van der Waals surface area contributed by atoms with Gasteiger partial charge in [-0.25, -0.2) is 0 Å². The second kappa shape index (κ2) is 8.96. The predicted octanol–water partition coefficient (Wildman–Crippen LogP) is 3.69. The van der Waals surface area contributed by atoms with Crippen LogP contribution in [0.3, 0.4) is 0 Å². The number of nitrogens with zero attached hydrogens (tertiary/aromatic N) is 2. The van der Waals surface area contributed by atoms with Crippen LogP contribution in [0.15, 0.2) is 0 Å². The van der Waals surface area contributed by atoms with Crippen LogP contribution < -0.4 is 5.32 Å². The number of likely N-dealkylation sites (N-methyl/N-ethyl adjacent to an activating group) is 1. The quantitative estimate of drug-likeness (QED) is 0.753. The number of aryl methyl sites for hydroxylation is 2. The van der Waals surface area contributed by atoms with Crippen molar-refractivity contribution in [2.24, 2.45) is 7.05 Å². The molecule has 0 aromatic carbocycles. The number of rotatable bonds is 9. The van der Waals surface area contributed by atoms with Crippen molar-refractivity contribution in [1.82, 2.24) is 15.1 Å². The zero-order valence-electron chi connectivity index (χ0n) is 13.4. The molecule has 116 valence electrons. The molecule has 0 aliphatic carbocycles. The molecule has 2 atom stereocenters. The zero-order chi connectivity index (χ0) is 15.1. The molecular weight excluding hydrogens is 290 g/mol. The Morgan fingerprint density at radius 2 is 2.05 bits per heavy atom. The molecule has 0 amide bonds. The van der Waals surface area contributed by atoms with Crippen LogP contribution in [-0.4, -0.2) is 33.4 Å². The highest BCUT2D eigenvalue weighted by atomic mass is 35.5. The number of hydrogen-bond donors (Lipinski definition) is 1. The van der Waals surface area contributed by atoms with Gasteiger partial charge in [0.05, 0.1) is 16.4 Å². The lowest BCUT2D eigenvalue weighted by Gasteiger charge is -2.19. The van der Waals surface area contributed by atoms with Crippen LogP contribution in [0.2, 0.25) is 5.02 Å². The van der Waals surface area contributed by atoms with Crippen LogP contribution >= 0.6 is 23.4 Å². The normalized spacial score (nSPS) is 14.5. The van der Waals surface area contributed by atoms with E-state index in [0.29, 0.717) is 11.3 Å². The van der Waals surface area contributed by atoms with E-state index in [1.807, 2.05) is 23.5 Å². The molecule has 1 aromatic heterocycles. The Morgan fingerprint density at radius 3 is 2.55 bits per heavy atom. The van der Waals surface area contributed by atoms with Gasteiger partial charge in [-0.1, -0.05) is 39.3 Å². The Kier molecular flexibility index (Phi) is 8.00. The van der Waals surface area contributed by atoms with Gasteiger partial charge >= 0.3 is 0 Å². The van der Waals surface area contributed by atoms with E-state index in [0.717, 1.165) is 41.5 Å². The second-order valence-corrected chi connectivity index (χ2v) is 7.04. The fraction of sp³-hybridized carbons (Fsp3) is 0.800. The molecule has 0 saturated carbocycles. The van der Waals surface area contributed by atoms with Crippen molar-refractivity contribution >= 4 is 23.4 Å². The van der Waals surface area contributed by atoms with Crippen molar-refractivity contribution in [2.75, 3.05) is 12.3 Å². The molecule has 1 rings (SSSR count). The lowest BCUT2D eigenvalue weighted by Crippen LogP contribution is -2.34. The van der Waals surface area contributed by atoms with Crippen molar-refractivity contribution < 1.29 is 0 Å². The average molecular weight is 318 g/mol. The van der Waals surface area contributed by atoms with Crippen molar-refractivity contribution in [2.45, 2.75) is 58.2 Å². The molecule has 0 aliphatic heterocycles. The van der Waals surface area contributed by atoms with Gasteiger partial charge in [-0.05, 0) is 19.4 Å². The maximum Gasteiger partial charge on any atom is 0.0850 e. The van der Waals surface area contributed by atoms with Crippen molar-refractivity contribution in [3.05, 3.63) is 16.4 Å². The van der Waals surface area contributed by atoms with E-state index in [2.05, 4.69) is 38.1 Å². The SMILES string of the molecule is CCNC(CSC(C)CC)Cc1c(Cl)c(CC)nn1C. The van der Waals surface area contributed by atoms with Gasteiger partial charge in [0, 0.05) is 30.5 Å². The fourth-order valence-corrected chi connectivity index (χ4v) is 3.56. The molecule has 20 heavy (non-hydrogen) atoms. The Labute approximate surface area is 132 Å². The summed E-state index contributed by atoms with van der Waals surface area (Å²) in [6, 6.07) is 0.455. The minimum absolute atomic E-state index is 0.455. The van der Waals surface area contributed by atoms with E-state index in [9.17, 15) is 0 Å². The van der Waals surface area contributed by atoms with Gasteiger partial charge in [0.2, 0.25) is 0 Å². The summed E-state index contributed by atoms with van der Waals surface area (Å²) in [4.78, 5) is 0. The maximum absolute atomic E-state index is 6.45. The third-order valence-electron chi connectivity index (χ3n) is 3.59. The molecule has 0 bridgehead atoms. The molecule has 1 heterocycles. The summed E-state index contributed by atoms with van der Waals surface area (Å²) in [5.74, 6) is 1.12. The Morgan fingerprint density at radius 1 is 1.35 bits per heavy atom. The highest BCUT2D eigenvalue weighted by Crippen LogP contribution is 2.23. The van der Waals surface area contributed by atoms with E-state index in [4.69, 9.17) is 11.6 Å². The standard InChI is InChI=1S/C15H28ClN3S/c1-6-11(4)20-10-12(17-8-3)9-14-15(16)13(7-2)18-19(14)5/h11-12,17H,6-10H2,1-5H3. The van der Waals surface area contributed by atoms with Gasteiger partial charge in [0.25, 0.3) is 0 Å². The van der Waals surface area contributed by atoms with E-state index in [-0.39, 0.29) is 0 Å². The minimum Gasteiger partial charge on any atom is -0.313 e. The summed E-state index contributed by atoms with van der Waals surface area (Å²) in [7, 11) is 1.99. The van der Waals surface area contributed by atoms with Crippen LogP contribution in [0.5, 0.6) is 0 Å². The van der Waals surface area contributed by atoms with Gasteiger partial charge < -0.3 is 5.32 Å². The first-order valence-electron chi connectivity index (χ1n) is 7.58. The van der Waals surface area contributed by atoms with Gasteiger partial charge in [0.1, 0.15) is 0 Å². The lowest BCUT2D eigenvalue weighted by atomic mass is 10.1. The summed E-state index contributed by atoms with van der Waals surface area (Å²) < 4.78 is 1.94. The minimum atomic E-state index is 0.455. The van der Waals surface area contributed by atoms with E-state index < -0.39 is 0 Å². The molecule has 0 spiro atoms. The number of halogens is 1. The summed E-state index contributed by atoms with van der Waals surface area (Å²) in [6.07, 6.45) is 3.05. The molecule has 0 fully saturated rings. The van der Waals surface area contributed by atoms with Crippen LogP contribution in [0, 0.1) is 0 Å². The summed E-state index contributed by atoms with van der Waals surface area (Å²) in [6.45, 7) is 9.77. The molecule has 5 heteroatoms. The van der Waals surface area contributed by atoms with Crippen LogP contribution in [0.1, 0.15) is 45.5 Å². The summed E-state index contributed by atoms with van der Waals surface area (Å²) in [5.41, 5.74) is 2.16. The predicted molar refractivity (Wildman–Crippen MR) is 91.0 cm³/mol. The van der Waals surface area contributed by atoms with Crippen LogP contribution in [0.25, 0.3) is 0 Å². The smallest absolute Gasteiger partial charge is 0.0850 e. The largest absolute Gasteiger partial charge is 0.313 e. The highest BCUT2D eigenvalue weighted by molar-refractivity contribution is 7.99. The number of nitrogens with one attached hydrogen (secondary N) is 1. The van der Waals surface area contributed by atoms with Crippen molar-refractivity contribution in [3.8, 4) is 0 Å². The zero-order valence-corrected chi connectivity index (χ0v) is 14.9. The third kappa shape index (κ3) is 4.97. The molecule has 0 radical (unpaired) electrons. The number of hydrogen-bond acceptors (Lipinski definition) is 3. The molecular formula is C15H28ClN3S. The molecule has 0 aliphatic rings. The maximum atomic E-state index is 6.45. The second-order valence-electron chi connectivity index (χ2n) is 5.20. The van der Waals surface area contributed by atoms with Crippen molar-refractivity contribution in [3.63, 3.8) is 0 Å². The van der Waals surface area contributed by atoms with Gasteiger partial charge in [0.15, 0.2) is 0 Å². The molecule has 0 saturated heterocycles. The number of thioether (sulfide) groups is 1. The van der Waals surface area contributed by atoms with Crippen LogP contribution in [0.4, 0.5) is 0 Å². The first-order chi connectivity index (χ1) is 9.53. The summed E-state index contributed by atoms with van der Waals surface area (Å²) in [5, 5.41) is 9.64. The monoisotopic (exact) mass is 317 g/mol. The topological polar surface area (TPSA) is 29.9 Å². The van der Waals surface area contributed by atoms with E-state index >= 15 is 0 Å². The third-order valence-corrected chi connectivity index (χ3v) is 5.53. The van der Waals surface area contributed by atoms with Gasteiger partial charge in [-0.3, -0.25) is 4.68 Å². The fourth-order valence-electron chi connectivity index (χ4n) is 2.15. The van der Waals surface area contributed by atoms with E-state index in [1.54, 1.807) is 0 Å². The first kappa shape index (κ1) is 17.9. The number of aromatic nitrogens is 2. The molecule has 1 N–H and O–H groups in total. The van der Waals surface area contributed by atoms with Crippen molar-refractivity contribution in [1.29, 1.82) is 0 Å². The Hall–Kier alpha value is -0.190. The summed E-state index contributed by atoms with van der Waals surface area (Å²) >= 11 is 8.48. The van der Waals surface area contributed by atoms with E-state index in [1.165, 1.54) is 6.42 Å². The molecule has 2 unspecified atom stereocenters. The van der Waals surface area contributed by atoms with Crippen LogP contribution in [-0.2, 0) is 19.9 Å². The highest BCUT2D eigenvalue weighted by Gasteiger charge is 2.18. The molecule has 3 nitrogen and oxygen atoms in total.